The number of benzene rings is 2. The average molecular weight is 421 g/mol. The molecule has 0 spiro atoms. The maximum Gasteiger partial charge on any atom is 0.231 e. The molecule has 0 bridgehead atoms. The Morgan fingerprint density at radius 2 is 1.84 bits per heavy atom. The van der Waals surface area contributed by atoms with Gasteiger partial charge in [-0.05, 0) is 42.5 Å². The van der Waals surface area contributed by atoms with Crippen LogP contribution in [0, 0.1) is 5.92 Å². The second-order valence-electron chi connectivity index (χ2n) is 8.32. The summed E-state index contributed by atoms with van der Waals surface area (Å²) in [5.41, 5.74) is 3.27. The molecular formula is C25H28N2O4. The van der Waals surface area contributed by atoms with E-state index in [-0.39, 0.29) is 18.7 Å². The van der Waals surface area contributed by atoms with Crippen LogP contribution in [0.1, 0.15) is 50.3 Å². The monoisotopic (exact) mass is 420 g/mol. The van der Waals surface area contributed by atoms with Gasteiger partial charge in [0.15, 0.2) is 23.1 Å². The van der Waals surface area contributed by atoms with E-state index in [9.17, 15) is 4.79 Å². The van der Waals surface area contributed by atoms with Crippen LogP contribution in [0.2, 0.25) is 0 Å². The summed E-state index contributed by atoms with van der Waals surface area (Å²) in [5.74, 6) is 3.30. The van der Waals surface area contributed by atoms with Crippen molar-refractivity contribution in [2.75, 3.05) is 6.79 Å². The van der Waals surface area contributed by atoms with Gasteiger partial charge in [-0.1, -0.05) is 44.2 Å². The van der Waals surface area contributed by atoms with E-state index in [4.69, 9.17) is 13.9 Å². The van der Waals surface area contributed by atoms with Crippen molar-refractivity contribution in [3.8, 4) is 22.8 Å². The van der Waals surface area contributed by atoms with Crippen LogP contribution in [0.25, 0.3) is 11.3 Å². The third kappa shape index (κ3) is 5.26. The van der Waals surface area contributed by atoms with E-state index in [0.717, 1.165) is 29.1 Å². The average Bonchev–Trinajstić information content (AvgIpc) is 3.41. The highest BCUT2D eigenvalue weighted by molar-refractivity contribution is 5.76. The molecule has 6 heteroatoms. The Hall–Kier alpha value is -3.28. The SMILES string of the molecule is CC(C)Cc1ccc(-c2cnc(CCC(=O)N[C@@H](C)c3ccc4c(c3)OCO4)o2)cc1. The Morgan fingerprint density at radius 3 is 2.61 bits per heavy atom. The van der Waals surface area contributed by atoms with Gasteiger partial charge >= 0.3 is 0 Å². The zero-order chi connectivity index (χ0) is 21.8. The van der Waals surface area contributed by atoms with Gasteiger partial charge in [-0.2, -0.15) is 0 Å². The predicted octanol–water partition coefficient (Wildman–Crippen LogP) is 5.08. The molecule has 4 rings (SSSR count). The van der Waals surface area contributed by atoms with E-state index in [1.807, 2.05) is 25.1 Å². The van der Waals surface area contributed by atoms with Crippen LogP contribution in [-0.2, 0) is 17.6 Å². The first-order chi connectivity index (χ1) is 15.0. The smallest absolute Gasteiger partial charge is 0.231 e. The molecule has 1 aliphatic rings. The Balaban J connectivity index is 1.29. The van der Waals surface area contributed by atoms with Crippen LogP contribution >= 0.6 is 0 Å². The van der Waals surface area contributed by atoms with E-state index < -0.39 is 0 Å². The Morgan fingerprint density at radius 1 is 1.06 bits per heavy atom. The number of ether oxygens (including phenoxy) is 2. The topological polar surface area (TPSA) is 73.6 Å². The highest BCUT2D eigenvalue weighted by Crippen LogP contribution is 2.34. The maximum atomic E-state index is 12.4. The van der Waals surface area contributed by atoms with Gasteiger partial charge in [-0.3, -0.25) is 4.79 Å². The standard InChI is InChI=1S/C25H28N2O4/c1-16(2)12-18-4-6-19(7-5-18)23-14-26-25(31-23)11-10-24(28)27-17(3)20-8-9-21-22(13-20)30-15-29-21/h4-9,13-14,16-17H,10-12,15H2,1-3H3,(H,27,28)/t17-/m0/s1. The van der Waals surface area contributed by atoms with Crippen molar-refractivity contribution in [2.24, 2.45) is 5.92 Å². The number of aromatic nitrogens is 1. The number of carbonyl (C=O) groups excluding carboxylic acids is 1. The lowest BCUT2D eigenvalue weighted by atomic mass is 10.0. The minimum atomic E-state index is -0.133. The molecule has 162 valence electrons. The molecule has 2 aromatic carbocycles. The van der Waals surface area contributed by atoms with Crippen molar-refractivity contribution >= 4 is 5.91 Å². The first-order valence-corrected chi connectivity index (χ1v) is 10.7. The quantitative estimate of drug-likeness (QED) is 0.550. The number of oxazole rings is 1. The molecule has 1 aliphatic heterocycles. The number of nitrogens with one attached hydrogen (secondary N) is 1. The lowest BCUT2D eigenvalue weighted by molar-refractivity contribution is -0.121. The minimum Gasteiger partial charge on any atom is -0.454 e. The van der Waals surface area contributed by atoms with Crippen LogP contribution in [0.4, 0.5) is 0 Å². The lowest BCUT2D eigenvalue weighted by Crippen LogP contribution is -2.26. The summed E-state index contributed by atoms with van der Waals surface area (Å²) in [7, 11) is 0. The van der Waals surface area contributed by atoms with E-state index in [0.29, 0.717) is 30.4 Å². The number of amides is 1. The molecule has 0 aliphatic carbocycles. The van der Waals surface area contributed by atoms with Crippen molar-refractivity contribution < 1.29 is 18.7 Å². The molecule has 1 N–H and O–H groups in total. The van der Waals surface area contributed by atoms with Gasteiger partial charge < -0.3 is 19.2 Å². The van der Waals surface area contributed by atoms with Gasteiger partial charge in [0.2, 0.25) is 12.7 Å². The van der Waals surface area contributed by atoms with Gasteiger partial charge in [-0.25, -0.2) is 4.98 Å². The van der Waals surface area contributed by atoms with Crippen molar-refractivity contribution in [3.63, 3.8) is 0 Å². The molecule has 1 amide bonds. The predicted molar refractivity (Wildman–Crippen MR) is 118 cm³/mol. The number of aryl methyl sites for hydroxylation is 1. The normalized spacial score (nSPS) is 13.4. The number of rotatable bonds is 8. The molecule has 0 fully saturated rings. The van der Waals surface area contributed by atoms with E-state index in [1.54, 1.807) is 6.20 Å². The molecule has 1 aromatic heterocycles. The van der Waals surface area contributed by atoms with E-state index in [1.165, 1.54) is 5.56 Å². The summed E-state index contributed by atoms with van der Waals surface area (Å²) in [4.78, 5) is 16.7. The third-order valence-electron chi connectivity index (χ3n) is 5.28. The maximum absolute atomic E-state index is 12.4. The van der Waals surface area contributed by atoms with Crippen molar-refractivity contribution in [2.45, 2.75) is 46.1 Å². The molecule has 0 saturated carbocycles. The lowest BCUT2D eigenvalue weighted by Gasteiger charge is -2.14. The summed E-state index contributed by atoms with van der Waals surface area (Å²) < 4.78 is 16.6. The second kappa shape index (κ2) is 9.25. The summed E-state index contributed by atoms with van der Waals surface area (Å²) >= 11 is 0. The molecule has 6 nitrogen and oxygen atoms in total. The summed E-state index contributed by atoms with van der Waals surface area (Å²) in [5, 5.41) is 3.01. The molecule has 0 radical (unpaired) electrons. The fourth-order valence-corrected chi connectivity index (χ4v) is 3.64. The number of fused-ring (bicyclic) bond motifs is 1. The van der Waals surface area contributed by atoms with Crippen LogP contribution in [-0.4, -0.2) is 17.7 Å². The minimum absolute atomic E-state index is 0.0528. The summed E-state index contributed by atoms with van der Waals surface area (Å²) in [6.45, 7) is 6.60. The molecule has 3 aromatic rings. The Bertz CT molecular complexity index is 1040. The second-order valence-corrected chi connectivity index (χ2v) is 8.32. The summed E-state index contributed by atoms with van der Waals surface area (Å²) in [6.07, 6.45) is 3.54. The third-order valence-corrected chi connectivity index (χ3v) is 5.28. The fraction of sp³-hybridized carbons (Fsp3) is 0.360. The first kappa shape index (κ1) is 21.0. The molecular weight excluding hydrogens is 392 g/mol. The molecule has 31 heavy (non-hydrogen) atoms. The molecule has 0 saturated heterocycles. The van der Waals surface area contributed by atoms with Crippen LogP contribution in [0.15, 0.2) is 53.1 Å². The molecule has 2 heterocycles. The summed E-state index contributed by atoms with van der Waals surface area (Å²) in [6, 6.07) is 13.9. The van der Waals surface area contributed by atoms with Gasteiger partial charge in [0.05, 0.1) is 12.2 Å². The Kier molecular flexibility index (Phi) is 6.26. The first-order valence-electron chi connectivity index (χ1n) is 10.7. The molecule has 1 atom stereocenters. The number of nitrogens with zero attached hydrogens (tertiary/aromatic N) is 1. The number of hydrogen-bond acceptors (Lipinski definition) is 5. The van der Waals surface area contributed by atoms with Crippen LogP contribution in [0.3, 0.4) is 0 Å². The van der Waals surface area contributed by atoms with Gasteiger partial charge in [0.1, 0.15) is 0 Å². The van der Waals surface area contributed by atoms with Gasteiger partial charge in [0, 0.05) is 18.4 Å². The number of carbonyl (C=O) groups is 1. The van der Waals surface area contributed by atoms with Crippen LogP contribution in [0.5, 0.6) is 11.5 Å². The number of hydrogen-bond donors (Lipinski definition) is 1. The highest BCUT2D eigenvalue weighted by atomic mass is 16.7. The fourth-order valence-electron chi connectivity index (χ4n) is 3.64. The van der Waals surface area contributed by atoms with E-state index in [2.05, 4.69) is 48.4 Å². The zero-order valence-electron chi connectivity index (χ0n) is 18.2. The van der Waals surface area contributed by atoms with Crippen molar-refractivity contribution in [1.82, 2.24) is 10.3 Å². The van der Waals surface area contributed by atoms with Crippen molar-refractivity contribution in [1.29, 1.82) is 0 Å². The largest absolute Gasteiger partial charge is 0.454 e. The molecule has 0 unspecified atom stereocenters. The Labute approximate surface area is 182 Å². The van der Waals surface area contributed by atoms with E-state index >= 15 is 0 Å². The highest BCUT2D eigenvalue weighted by Gasteiger charge is 2.17. The zero-order valence-corrected chi connectivity index (χ0v) is 18.2. The van der Waals surface area contributed by atoms with Crippen molar-refractivity contribution in [3.05, 3.63) is 65.7 Å². The van der Waals surface area contributed by atoms with Crippen LogP contribution < -0.4 is 14.8 Å². The van der Waals surface area contributed by atoms with Gasteiger partial charge in [0.25, 0.3) is 0 Å². The van der Waals surface area contributed by atoms with Gasteiger partial charge in [-0.15, -0.1) is 0 Å².